The fourth-order valence-corrected chi connectivity index (χ4v) is 2.21. The number of benzene rings is 1. The minimum Gasteiger partial charge on any atom is -0.419 e. The van der Waals surface area contributed by atoms with Crippen LogP contribution >= 0.6 is 0 Å². The number of hydrogen-bond donors (Lipinski definition) is 1. The molecule has 1 N–H and O–H groups in total. The predicted octanol–water partition coefficient (Wildman–Crippen LogP) is 3.02. The summed E-state index contributed by atoms with van der Waals surface area (Å²) in [6.45, 7) is 7.30. The molecule has 1 aromatic rings. The summed E-state index contributed by atoms with van der Waals surface area (Å²) in [4.78, 5) is 23.7. The number of hydrogen-bond acceptors (Lipinski definition) is 5. The molecular formula is C17H21NO4. The maximum atomic E-state index is 11.9. The molecule has 5 nitrogen and oxygen atoms in total. The van der Waals surface area contributed by atoms with Crippen molar-refractivity contribution < 1.29 is 19.1 Å². The van der Waals surface area contributed by atoms with Crippen molar-refractivity contribution in [2.45, 2.75) is 39.9 Å². The lowest BCUT2D eigenvalue weighted by Gasteiger charge is -2.29. The van der Waals surface area contributed by atoms with Gasteiger partial charge in [-0.2, -0.15) is 0 Å². The van der Waals surface area contributed by atoms with E-state index in [0.29, 0.717) is 5.92 Å². The Kier molecular flexibility index (Phi) is 4.54. The van der Waals surface area contributed by atoms with Crippen LogP contribution < -0.4 is 5.32 Å². The summed E-state index contributed by atoms with van der Waals surface area (Å²) >= 11 is 0. The number of anilines is 1. The van der Waals surface area contributed by atoms with Gasteiger partial charge in [-0.25, -0.2) is 9.59 Å². The third kappa shape index (κ3) is 3.87. The van der Waals surface area contributed by atoms with Gasteiger partial charge in [0.2, 0.25) is 0 Å². The molecule has 5 heteroatoms. The van der Waals surface area contributed by atoms with Crippen molar-refractivity contribution in [1.82, 2.24) is 0 Å². The zero-order valence-corrected chi connectivity index (χ0v) is 13.3. The molecule has 1 aliphatic heterocycles. The quantitative estimate of drug-likeness (QED) is 0.526. The first-order valence-electron chi connectivity index (χ1n) is 7.30. The number of para-hydroxylation sites is 1. The largest absolute Gasteiger partial charge is 0.419 e. The third-order valence-electron chi connectivity index (χ3n) is 3.13. The van der Waals surface area contributed by atoms with Gasteiger partial charge in [-0.1, -0.05) is 32.0 Å². The Balaban J connectivity index is 2.18. The van der Waals surface area contributed by atoms with Gasteiger partial charge in [-0.05, 0) is 24.0 Å². The Morgan fingerprint density at radius 2 is 1.73 bits per heavy atom. The van der Waals surface area contributed by atoms with Gasteiger partial charge in [-0.3, -0.25) is 0 Å². The van der Waals surface area contributed by atoms with E-state index in [1.165, 1.54) is 20.0 Å². The Bertz CT molecular complexity index is 595. The summed E-state index contributed by atoms with van der Waals surface area (Å²) in [5.41, 5.74) is 1.83. The van der Waals surface area contributed by atoms with Gasteiger partial charge >= 0.3 is 11.9 Å². The van der Waals surface area contributed by atoms with E-state index < -0.39 is 17.7 Å². The molecule has 0 radical (unpaired) electrons. The van der Waals surface area contributed by atoms with Crippen LogP contribution in [0, 0.1) is 5.92 Å². The van der Waals surface area contributed by atoms with Gasteiger partial charge in [0, 0.05) is 25.7 Å². The van der Waals surface area contributed by atoms with E-state index in [-0.39, 0.29) is 5.57 Å². The molecule has 1 heterocycles. The molecular weight excluding hydrogens is 282 g/mol. The lowest BCUT2D eigenvalue weighted by Crippen LogP contribution is -2.42. The second-order valence-corrected chi connectivity index (χ2v) is 6.14. The van der Waals surface area contributed by atoms with Crippen LogP contribution in [0.3, 0.4) is 0 Å². The first-order valence-corrected chi connectivity index (χ1v) is 7.30. The molecule has 0 saturated carbocycles. The maximum absolute atomic E-state index is 11.9. The smallest absolute Gasteiger partial charge is 0.350 e. The second kappa shape index (κ2) is 6.22. The van der Waals surface area contributed by atoms with Crippen LogP contribution in [0.2, 0.25) is 0 Å². The van der Waals surface area contributed by atoms with Crippen LogP contribution in [0.15, 0.2) is 36.0 Å². The Morgan fingerprint density at radius 1 is 1.14 bits per heavy atom. The molecule has 0 unspecified atom stereocenters. The van der Waals surface area contributed by atoms with Crippen molar-refractivity contribution in [2.75, 3.05) is 5.32 Å². The Morgan fingerprint density at radius 3 is 2.32 bits per heavy atom. The van der Waals surface area contributed by atoms with Crippen LogP contribution in [-0.4, -0.2) is 17.7 Å². The fraction of sp³-hybridized carbons (Fsp3) is 0.412. The number of nitrogens with one attached hydrogen (secondary N) is 1. The summed E-state index contributed by atoms with van der Waals surface area (Å²) in [5.74, 6) is -2.09. The van der Waals surface area contributed by atoms with Gasteiger partial charge in [0.15, 0.2) is 5.57 Å². The zero-order valence-electron chi connectivity index (χ0n) is 13.3. The highest BCUT2D eigenvalue weighted by Crippen LogP contribution is 2.24. The predicted molar refractivity (Wildman–Crippen MR) is 83.0 cm³/mol. The van der Waals surface area contributed by atoms with E-state index in [9.17, 15) is 9.59 Å². The van der Waals surface area contributed by atoms with Crippen molar-refractivity contribution in [3.63, 3.8) is 0 Å². The molecule has 1 aliphatic rings. The van der Waals surface area contributed by atoms with Crippen LogP contribution in [0.5, 0.6) is 0 Å². The van der Waals surface area contributed by atoms with E-state index in [4.69, 9.17) is 9.47 Å². The summed E-state index contributed by atoms with van der Waals surface area (Å²) in [7, 11) is 0. The molecule has 22 heavy (non-hydrogen) atoms. The Labute approximate surface area is 130 Å². The summed E-state index contributed by atoms with van der Waals surface area (Å²) in [5, 5.41) is 3.01. The molecule has 0 spiro atoms. The van der Waals surface area contributed by atoms with Gasteiger partial charge in [0.1, 0.15) is 0 Å². The van der Waals surface area contributed by atoms with E-state index in [0.717, 1.165) is 17.7 Å². The molecule has 0 aliphatic carbocycles. The van der Waals surface area contributed by atoms with E-state index in [1.54, 1.807) is 0 Å². The van der Waals surface area contributed by atoms with Gasteiger partial charge in [0.05, 0.1) is 0 Å². The molecule has 1 saturated heterocycles. The number of carbonyl (C=O) groups is 2. The molecule has 0 aromatic heterocycles. The minimum atomic E-state index is -1.22. The molecule has 0 atom stereocenters. The third-order valence-corrected chi connectivity index (χ3v) is 3.13. The standard InChI is InChI=1S/C17H21NO4/c1-11(2)9-12-7-5-6-8-14(12)18-10-13-15(19)21-17(3,4)22-16(13)20/h5-8,10-11,18H,9H2,1-4H3. The monoisotopic (exact) mass is 303 g/mol. The fourth-order valence-electron chi connectivity index (χ4n) is 2.21. The van der Waals surface area contributed by atoms with Crippen LogP contribution in [0.4, 0.5) is 5.69 Å². The highest BCUT2D eigenvalue weighted by Gasteiger charge is 2.38. The summed E-state index contributed by atoms with van der Waals surface area (Å²) < 4.78 is 10.1. The van der Waals surface area contributed by atoms with Crippen LogP contribution in [-0.2, 0) is 25.5 Å². The van der Waals surface area contributed by atoms with Gasteiger partial charge in [0.25, 0.3) is 5.79 Å². The number of cyclic esters (lactones) is 2. The van der Waals surface area contributed by atoms with Crippen molar-refractivity contribution in [3.05, 3.63) is 41.6 Å². The zero-order chi connectivity index (χ0) is 16.3. The number of rotatable bonds is 4. The van der Waals surface area contributed by atoms with Gasteiger partial charge < -0.3 is 14.8 Å². The van der Waals surface area contributed by atoms with Crippen molar-refractivity contribution in [3.8, 4) is 0 Å². The summed E-state index contributed by atoms with van der Waals surface area (Å²) in [6, 6.07) is 7.77. The Hall–Kier alpha value is -2.30. The van der Waals surface area contributed by atoms with E-state index in [1.807, 2.05) is 24.3 Å². The van der Waals surface area contributed by atoms with E-state index >= 15 is 0 Å². The second-order valence-electron chi connectivity index (χ2n) is 6.14. The van der Waals surface area contributed by atoms with Crippen molar-refractivity contribution >= 4 is 17.6 Å². The van der Waals surface area contributed by atoms with Crippen molar-refractivity contribution in [1.29, 1.82) is 0 Å². The molecule has 0 amide bonds. The minimum absolute atomic E-state index is 0.140. The molecule has 0 bridgehead atoms. The molecule has 2 rings (SSSR count). The maximum Gasteiger partial charge on any atom is 0.350 e. The SMILES string of the molecule is CC(C)Cc1ccccc1NC=C1C(=O)OC(C)(C)OC1=O. The van der Waals surface area contributed by atoms with Crippen LogP contribution in [0.25, 0.3) is 0 Å². The molecule has 118 valence electrons. The first kappa shape index (κ1) is 16.1. The number of carbonyl (C=O) groups excluding carboxylic acids is 2. The van der Waals surface area contributed by atoms with Crippen LogP contribution in [0.1, 0.15) is 33.3 Å². The highest BCUT2D eigenvalue weighted by molar-refractivity contribution is 6.15. The van der Waals surface area contributed by atoms with Gasteiger partial charge in [-0.15, -0.1) is 0 Å². The number of ether oxygens (including phenoxy) is 2. The van der Waals surface area contributed by atoms with E-state index in [2.05, 4.69) is 19.2 Å². The lowest BCUT2D eigenvalue weighted by atomic mass is 10.0. The lowest BCUT2D eigenvalue weighted by molar-refractivity contribution is -0.222. The average molecular weight is 303 g/mol. The van der Waals surface area contributed by atoms with Crippen molar-refractivity contribution in [2.24, 2.45) is 5.92 Å². The number of esters is 2. The average Bonchev–Trinajstić information content (AvgIpc) is 2.37. The highest BCUT2D eigenvalue weighted by atomic mass is 16.7. The molecule has 1 aromatic carbocycles. The normalized spacial score (nSPS) is 17.0. The first-order chi connectivity index (χ1) is 10.3. The topological polar surface area (TPSA) is 64.6 Å². The molecule has 1 fully saturated rings. The summed E-state index contributed by atoms with van der Waals surface area (Å²) in [6.07, 6.45) is 2.24.